The molecule has 0 saturated carbocycles. The number of rotatable bonds is 0. The number of hydrogen-bond donors (Lipinski definition) is 1. The molecule has 0 unspecified atom stereocenters. The van der Waals surface area contributed by atoms with E-state index in [2.05, 4.69) is 12.1 Å². The molecule has 2 aromatic carbocycles. The van der Waals surface area contributed by atoms with Crippen molar-refractivity contribution in [3.8, 4) is 0 Å². The Morgan fingerprint density at radius 3 is 1.06 bits per heavy atom. The van der Waals surface area contributed by atoms with Crippen molar-refractivity contribution >= 4 is 0 Å². The second-order valence-corrected chi connectivity index (χ2v) is 2.47. The van der Waals surface area contributed by atoms with E-state index in [9.17, 15) is 0 Å². The van der Waals surface area contributed by atoms with E-state index >= 15 is 0 Å². The third-order valence-corrected chi connectivity index (χ3v) is 1.21. The molecule has 0 atom stereocenters. The fraction of sp³-hybridized carbons (Fsp3) is 0.143. The first-order chi connectivity index (χ1) is 7.41. The van der Waals surface area contributed by atoms with E-state index in [0.717, 1.165) is 0 Å². The minimum Gasteiger partial charge on any atom is -0.397 e. The molecule has 0 aliphatic carbocycles. The molecule has 1 nitrogen and oxygen atoms in total. The quantitative estimate of drug-likeness (QED) is 0.739. The maximum Gasteiger partial charge on any atom is 0.0402 e. The second-order valence-electron chi connectivity index (χ2n) is 2.47. The van der Waals surface area contributed by atoms with Gasteiger partial charge in [0.25, 0.3) is 0 Å². The van der Waals surface area contributed by atoms with E-state index in [4.69, 9.17) is 5.11 Å². The van der Waals surface area contributed by atoms with Gasteiger partial charge in [0, 0.05) is 39.3 Å². The molecule has 16 heavy (non-hydrogen) atoms. The average molecular weight is 289 g/mol. The van der Waals surface area contributed by atoms with Crippen LogP contribution in [-0.4, -0.2) is 11.7 Å². The summed E-state index contributed by atoms with van der Waals surface area (Å²) in [5, 5.41) is 7.57. The van der Waals surface area contributed by atoms with Gasteiger partial charge >= 0.3 is 0 Å². The van der Waals surface area contributed by atoms with Crippen LogP contribution in [0.25, 0.3) is 0 Å². The standard InChI is InChI=1S/2C6H5.C2H6O.Y/c2*1-2-4-6-5-3-1;1-2-3;/h2*1-5H;3H,2H2,1H3;/q2*-1;;. The van der Waals surface area contributed by atoms with Gasteiger partial charge in [-0.3, -0.25) is 0 Å². The topological polar surface area (TPSA) is 20.2 Å². The predicted octanol–water partition coefficient (Wildman–Crippen LogP) is 2.97. The zero-order valence-corrected chi connectivity index (χ0v) is 12.3. The summed E-state index contributed by atoms with van der Waals surface area (Å²) in [5.41, 5.74) is 0. The van der Waals surface area contributed by atoms with E-state index in [0.29, 0.717) is 0 Å². The van der Waals surface area contributed by atoms with Crippen molar-refractivity contribution in [1.29, 1.82) is 0 Å². The molecule has 2 aromatic rings. The third-order valence-electron chi connectivity index (χ3n) is 1.21. The van der Waals surface area contributed by atoms with Crippen LogP contribution in [0.3, 0.4) is 0 Å². The fourth-order valence-corrected chi connectivity index (χ4v) is 0.684. The molecule has 1 N–H and O–H groups in total. The summed E-state index contributed by atoms with van der Waals surface area (Å²) < 4.78 is 0. The van der Waals surface area contributed by atoms with Crippen molar-refractivity contribution < 1.29 is 37.8 Å². The Hall–Kier alpha value is -0.496. The van der Waals surface area contributed by atoms with Gasteiger partial charge in [-0.05, 0) is 6.92 Å². The molecular weight excluding hydrogens is 273 g/mol. The van der Waals surface area contributed by atoms with Crippen molar-refractivity contribution in [3.63, 3.8) is 0 Å². The zero-order chi connectivity index (χ0) is 11.2. The molecular formula is C14H16OY-2. The van der Waals surface area contributed by atoms with E-state index in [-0.39, 0.29) is 39.3 Å². The number of aliphatic hydroxyl groups excluding tert-OH is 1. The molecule has 0 heterocycles. The van der Waals surface area contributed by atoms with Crippen LogP contribution in [0.1, 0.15) is 6.92 Å². The summed E-state index contributed by atoms with van der Waals surface area (Å²) >= 11 is 0. The molecule has 0 aliphatic rings. The van der Waals surface area contributed by atoms with Crippen molar-refractivity contribution in [2.75, 3.05) is 6.61 Å². The van der Waals surface area contributed by atoms with Gasteiger partial charge in [-0.15, -0.1) is 0 Å². The van der Waals surface area contributed by atoms with Gasteiger partial charge in [0.15, 0.2) is 0 Å². The molecule has 83 valence electrons. The maximum atomic E-state index is 7.57. The molecule has 0 aromatic heterocycles. The van der Waals surface area contributed by atoms with Crippen molar-refractivity contribution in [2.24, 2.45) is 0 Å². The van der Waals surface area contributed by atoms with Gasteiger partial charge in [0.1, 0.15) is 0 Å². The molecule has 0 amide bonds. The fourth-order valence-electron chi connectivity index (χ4n) is 0.684. The normalized spacial score (nSPS) is 7.12. The SMILES string of the molecule is CCO.[Y].[c-]1ccccc1.[c-]1ccccc1. The number of benzene rings is 2. The van der Waals surface area contributed by atoms with Crippen molar-refractivity contribution in [1.82, 2.24) is 0 Å². The largest absolute Gasteiger partial charge is 0.397 e. The van der Waals surface area contributed by atoms with Crippen LogP contribution in [0.5, 0.6) is 0 Å². The van der Waals surface area contributed by atoms with Crippen LogP contribution in [0.4, 0.5) is 0 Å². The summed E-state index contributed by atoms with van der Waals surface area (Å²) in [4.78, 5) is 0. The first-order valence-electron chi connectivity index (χ1n) is 4.84. The maximum absolute atomic E-state index is 7.57. The minimum absolute atomic E-state index is 0. The second kappa shape index (κ2) is 16.9. The van der Waals surface area contributed by atoms with Crippen LogP contribution in [0.2, 0.25) is 0 Å². The van der Waals surface area contributed by atoms with Crippen LogP contribution < -0.4 is 0 Å². The van der Waals surface area contributed by atoms with Crippen molar-refractivity contribution in [3.05, 3.63) is 72.8 Å². The first kappa shape index (κ1) is 17.9. The van der Waals surface area contributed by atoms with Gasteiger partial charge in [-0.25, -0.2) is 0 Å². The summed E-state index contributed by atoms with van der Waals surface area (Å²) in [7, 11) is 0. The predicted molar refractivity (Wildman–Crippen MR) is 63.3 cm³/mol. The zero-order valence-electron chi connectivity index (χ0n) is 9.51. The van der Waals surface area contributed by atoms with Crippen LogP contribution in [0, 0.1) is 12.1 Å². The number of aliphatic hydroxyl groups is 1. The molecule has 2 heteroatoms. The minimum atomic E-state index is 0. The molecule has 2 rings (SSSR count). The Morgan fingerprint density at radius 2 is 1.00 bits per heavy atom. The molecule has 0 saturated heterocycles. The van der Waals surface area contributed by atoms with Gasteiger partial charge in [-0.1, -0.05) is 0 Å². The summed E-state index contributed by atoms with van der Waals surface area (Å²) in [6.07, 6.45) is 0. The Labute approximate surface area is 123 Å². The smallest absolute Gasteiger partial charge is 0.0402 e. The van der Waals surface area contributed by atoms with Crippen LogP contribution in [0.15, 0.2) is 60.7 Å². The van der Waals surface area contributed by atoms with Gasteiger partial charge in [-0.2, -0.15) is 72.8 Å². The Bertz CT molecular complexity index is 199. The number of hydrogen-bond acceptors (Lipinski definition) is 1. The van der Waals surface area contributed by atoms with E-state index in [1.807, 2.05) is 60.7 Å². The monoisotopic (exact) mass is 289 g/mol. The van der Waals surface area contributed by atoms with E-state index < -0.39 is 0 Å². The van der Waals surface area contributed by atoms with E-state index in [1.165, 1.54) is 0 Å². The van der Waals surface area contributed by atoms with Gasteiger partial charge < -0.3 is 5.11 Å². The van der Waals surface area contributed by atoms with Gasteiger partial charge in [0.05, 0.1) is 0 Å². The molecule has 0 bridgehead atoms. The first-order valence-corrected chi connectivity index (χ1v) is 4.84. The molecule has 1 radical (unpaired) electrons. The van der Waals surface area contributed by atoms with Crippen LogP contribution in [-0.2, 0) is 32.7 Å². The third kappa shape index (κ3) is 16.0. The summed E-state index contributed by atoms with van der Waals surface area (Å²) in [6.45, 7) is 1.93. The summed E-state index contributed by atoms with van der Waals surface area (Å²) in [6, 6.07) is 25.0. The average Bonchev–Trinajstić information content (AvgIpc) is 2.35. The van der Waals surface area contributed by atoms with Crippen LogP contribution >= 0.6 is 0 Å². The molecule has 0 aliphatic heterocycles. The Morgan fingerprint density at radius 1 is 0.750 bits per heavy atom. The summed E-state index contributed by atoms with van der Waals surface area (Å²) in [5.74, 6) is 0. The molecule has 0 fully saturated rings. The van der Waals surface area contributed by atoms with E-state index in [1.54, 1.807) is 6.92 Å². The Kier molecular flexibility index (Phi) is 18.9. The van der Waals surface area contributed by atoms with Crippen molar-refractivity contribution in [2.45, 2.75) is 6.92 Å². The molecule has 0 spiro atoms. The van der Waals surface area contributed by atoms with Gasteiger partial charge in [0.2, 0.25) is 0 Å². The Balaban J connectivity index is 0.